The predicted octanol–water partition coefficient (Wildman–Crippen LogP) is 2.86. The topological polar surface area (TPSA) is 102 Å². The van der Waals surface area contributed by atoms with Crippen molar-refractivity contribution in [1.82, 2.24) is 24.6 Å². The minimum Gasteiger partial charge on any atom is -0.493 e. The summed E-state index contributed by atoms with van der Waals surface area (Å²) in [5.74, 6) is 1.09. The maximum absolute atomic E-state index is 13.1. The monoisotopic (exact) mass is 427 g/mol. The van der Waals surface area contributed by atoms with Gasteiger partial charge in [-0.2, -0.15) is 5.10 Å². The number of aromatic amines is 1. The smallest absolute Gasteiger partial charge is 0.274 e. The number of nitrogens with zero attached hydrogens (tertiary/aromatic N) is 4. The van der Waals surface area contributed by atoms with Crippen molar-refractivity contribution in [2.24, 2.45) is 0 Å². The molecule has 1 N–H and O–H groups in total. The number of methoxy groups -OCH3 is 2. The van der Waals surface area contributed by atoms with E-state index < -0.39 is 0 Å². The summed E-state index contributed by atoms with van der Waals surface area (Å²) in [6, 6.07) is 5.03. The van der Waals surface area contributed by atoms with Crippen LogP contribution >= 0.6 is 0 Å². The lowest BCUT2D eigenvalue weighted by atomic mass is 10.1. The van der Waals surface area contributed by atoms with Crippen molar-refractivity contribution in [2.75, 3.05) is 20.8 Å². The highest BCUT2D eigenvalue weighted by molar-refractivity contribution is 5.92. The third-order valence-electron chi connectivity index (χ3n) is 5.01. The number of carbonyl (C=O) groups excluding carboxylic acids is 1. The molecule has 31 heavy (non-hydrogen) atoms. The fourth-order valence-electron chi connectivity index (χ4n) is 3.52. The zero-order valence-electron chi connectivity index (χ0n) is 19.1. The maximum Gasteiger partial charge on any atom is 0.274 e. The average molecular weight is 428 g/mol. The highest BCUT2D eigenvalue weighted by Crippen LogP contribution is 2.30. The Morgan fingerprint density at radius 2 is 1.81 bits per heavy atom. The number of hydrogen-bond donors (Lipinski definition) is 1. The minimum atomic E-state index is -0.308. The Kier molecular flexibility index (Phi) is 6.06. The average Bonchev–Trinajstić information content (AvgIpc) is 3.12. The zero-order chi connectivity index (χ0) is 22.9. The summed E-state index contributed by atoms with van der Waals surface area (Å²) < 4.78 is 12.4. The SMILES string of the molecule is CCN(Cc1nc2cc(OC)c(OC)cc2c(=O)[nH]1)C(=O)c1cc(C)n(C(C)(C)C)n1. The molecule has 9 heteroatoms. The molecule has 0 aliphatic heterocycles. The van der Waals surface area contributed by atoms with Crippen LogP contribution in [0.25, 0.3) is 10.9 Å². The van der Waals surface area contributed by atoms with Gasteiger partial charge in [0.25, 0.3) is 11.5 Å². The maximum atomic E-state index is 13.1. The van der Waals surface area contributed by atoms with E-state index in [1.165, 1.54) is 14.2 Å². The van der Waals surface area contributed by atoms with Crippen molar-refractivity contribution in [2.45, 2.75) is 46.7 Å². The van der Waals surface area contributed by atoms with Crippen LogP contribution < -0.4 is 15.0 Å². The lowest BCUT2D eigenvalue weighted by Crippen LogP contribution is -2.33. The molecule has 0 fully saturated rings. The van der Waals surface area contributed by atoms with Gasteiger partial charge in [0.1, 0.15) is 5.82 Å². The van der Waals surface area contributed by atoms with Crippen LogP contribution in [0.1, 0.15) is 49.7 Å². The van der Waals surface area contributed by atoms with E-state index in [-0.39, 0.29) is 23.6 Å². The molecule has 0 atom stereocenters. The predicted molar refractivity (Wildman–Crippen MR) is 118 cm³/mol. The van der Waals surface area contributed by atoms with Gasteiger partial charge in [-0.05, 0) is 46.8 Å². The van der Waals surface area contributed by atoms with Crippen LogP contribution in [0.15, 0.2) is 23.0 Å². The standard InChI is InChI=1S/C22H29N5O4/c1-8-26(21(29)16-9-13(2)27(25-16)22(3,4)5)12-19-23-15-11-18(31-7)17(30-6)10-14(15)20(28)24-19/h9-11H,8,12H2,1-7H3,(H,23,24,28). The first-order valence-electron chi connectivity index (χ1n) is 10.1. The van der Waals surface area contributed by atoms with Gasteiger partial charge < -0.3 is 19.4 Å². The third kappa shape index (κ3) is 4.40. The van der Waals surface area contributed by atoms with E-state index in [1.54, 1.807) is 23.1 Å². The first-order valence-corrected chi connectivity index (χ1v) is 10.1. The number of fused-ring (bicyclic) bond motifs is 1. The van der Waals surface area contributed by atoms with Gasteiger partial charge in [-0.15, -0.1) is 0 Å². The van der Waals surface area contributed by atoms with Crippen LogP contribution in [0.2, 0.25) is 0 Å². The fraction of sp³-hybridized carbons (Fsp3) is 0.455. The normalized spacial score (nSPS) is 11.6. The number of amides is 1. The third-order valence-corrected chi connectivity index (χ3v) is 5.01. The Bertz CT molecular complexity index is 1170. The van der Waals surface area contributed by atoms with Crippen molar-refractivity contribution in [1.29, 1.82) is 0 Å². The molecule has 0 aliphatic rings. The molecule has 0 spiro atoms. The van der Waals surface area contributed by atoms with Crippen molar-refractivity contribution in [3.8, 4) is 11.5 Å². The minimum absolute atomic E-state index is 0.149. The second-order valence-electron chi connectivity index (χ2n) is 8.31. The van der Waals surface area contributed by atoms with Gasteiger partial charge in [0, 0.05) is 18.3 Å². The Morgan fingerprint density at radius 1 is 1.16 bits per heavy atom. The second-order valence-corrected chi connectivity index (χ2v) is 8.31. The summed E-state index contributed by atoms with van der Waals surface area (Å²) in [5, 5.41) is 4.89. The lowest BCUT2D eigenvalue weighted by molar-refractivity contribution is 0.0740. The van der Waals surface area contributed by atoms with Crippen LogP contribution in [-0.2, 0) is 12.1 Å². The Hall–Kier alpha value is -3.36. The van der Waals surface area contributed by atoms with Gasteiger partial charge in [-0.25, -0.2) is 4.98 Å². The van der Waals surface area contributed by atoms with Gasteiger partial charge in [-0.1, -0.05) is 0 Å². The molecule has 9 nitrogen and oxygen atoms in total. The molecule has 0 aliphatic carbocycles. The fourth-order valence-corrected chi connectivity index (χ4v) is 3.52. The van der Waals surface area contributed by atoms with E-state index in [0.29, 0.717) is 40.5 Å². The number of aromatic nitrogens is 4. The summed E-state index contributed by atoms with van der Waals surface area (Å²) in [5.41, 5.74) is 1.20. The molecule has 1 aromatic carbocycles. The first-order chi connectivity index (χ1) is 14.6. The molecule has 3 rings (SSSR count). The Balaban J connectivity index is 1.94. The molecule has 3 aromatic rings. The summed E-state index contributed by atoms with van der Waals surface area (Å²) >= 11 is 0. The first kappa shape index (κ1) is 22.3. The van der Waals surface area contributed by atoms with Crippen LogP contribution in [0.4, 0.5) is 0 Å². The quantitative estimate of drug-likeness (QED) is 0.649. The molecule has 0 radical (unpaired) electrons. The summed E-state index contributed by atoms with van der Waals surface area (Å²) in [7, 11) is 3.03. The number of benzene rings is 1. The summed E-state index contributed by atoms with van der Waals surface area (Å²) in [4.78, 5) is 34.6. The van der Waals surface area contributed by atoms with Crippen LogP contribution in [-0.4, -0.2) is 51.3 Å². The number of hydrogen-bond acceptors (Lipinski definition) is 6. The number of aryl methyl sites for hydroxylation is 1. The molecule has 1 amide bonds. The number of H-pyrrole nitrogens is 1. The van der Waals surface area contributed by atoms with Gasteiger partial charge in [0.2, 0.25) is 0 Å². The van der Waals surface area contributed by atoms with E-state index in [0.717, 1.165) is 5.69 Å². The highest BCUT2D eigenvalue weighted by atomic mass is 16.5. The zero-order valence-corrected chi connectivity index (χ0v) is 19.1. The van der Waals surface area contributed by atoms with E-state index in [9.17, 15) is 9.59 Å². The highest BCUT2D eigenvalue weighted by Gasteiger charge is 2.24. The van der Waals surface area contributed by atoms with Gasteiger partial charge >= 0.3 is 0 Å². The molecule has 2 heterocycles. The number of ether oxygens (including phenoxy) is 2. The molecular formula is C22H29N5O4. The molecular weight excluding hydrogens is 398 g/mol. The van der Waals surface area contributed by atoms with E-state index in [1.807, 2.05) is 39.3 Å². The van der Waals surface area contributed by atoms with Crippen molar-refractivity contribution >= 4 is 16.8 Å². The number of carbonyl (C=O) groups is 1. The molecule has 166 valence electrons. The molecule has 0 saturated carbocycles. The van der Waals surface area contributed by atoms with Crippen LogP contribution in [0.3, 0.4) is 0 Å². The van der Waals surface area contributed by atoms with Crippen LogP contribution in [0, 0.1) is 6.92 Å². The van der Waals surface area contributed by atoms with Gasteiger partial charge in [0.15, 0.2) is 17.2 Å². The Morgan fingerprint density at radius 3 is 2.35 bits per heavy atom. The van der Waals surface area contributed by atoms with Gasteiger partial charge in [-0.3, -0.25) is 14.3 Å². The second kappa shape index (κ2) is 8.41. The molecule has 0 unspecified atom stereocenters. The Labute approximate surface area is 181 Å². The van der Waals surface area contributed by atoms with Crippen molar-refractivity contribution in [3.63, 3.8) is 0 Å². The van der Waals surface area contributed by atoms with E-state index in [4.69, 9.17) is 9.47 Å². The summed E-state index contributed by atoms with van der Waals surface area (Å²) in [6.07, 6.45) is 0. The van der Waals surface area contributed by atoms with E-state index >= 15 is 0 Å². The largest absolute Gasteiger partial charge is 0.493 e. The molecule has 2 aromatic heterocycles. The lowest BCUT2D eigenvalue weighted by Gasteiger charge is -2.22. The molecule has 0 saturated heterocycles. The number of nitrogens with one attached hydrogen (secondary N) is 1. The number of rotatable bonds is 6. The van der Waals surface area contributed by atoms with Crippen LogP contribution in [0.5, 0.6) is 11.5 Å². The van der Waals surface area contributed by atoms with E-state index in [2.05, 4.69) is 15.1 Å². The van der Waals surface area contributed by atoms with Gasteiger partial charge in [0.05, 0.1) is 37.2 Å². The van der Waals surface area contributed by atoms with Crippen molar-refractivity contribution in [3.05, 3.63) is 45.8 Å². The van der Waals surface area contributed by atoms with Crippen molar-refractivity contribution < 1.29 is 14.3 Å². The molecule has 0 bridgehead atoms. The summed E-state index contributed by atoms with van der Waals surface area (Å²) in [6.45, 7) is 10.5.